The van der Waals surface area contributed by atoms with Crippen molar-refractivity contribution in [3.63, 3.8) is 0 Å². The van der Waals surface area contributed by atoms with Gasteiger partial charge in [0.25, 0.3) is 5.91 Å². The van der Waals surface area contributed by atoms with Gasteiger partial charge in [0, 0.05) is 18.2 Å². The minimum Gasteiger partial charge on any atom is -0.384 e. The quantitative estimate of drug-likeness (QED) is 0.801. The summed E-state index contributed by atoms with van der Waals surface area (Å²) in [4.78, 5) is 12.1. The number of aryl methyl sites for hydroxylation is 1. The summed E-state index contributed by atoms with van der Waals surface area (Å²) in [6.07, 6.45) is 0.818. The van der Waals surface area contributed by atoms with Crippen LogP contribution >= 0.6 is 0 Å². The number of aliphatic hydroxyl groups excluding tert-OH is 1. The molecule has 1 unspecified atom stereocenters. The summed E-state index contributed by atoms with van der Waals surface area (Å²) in [5.41, 5.74) is 2.34. The molecule has 0 bridgehead atoms. The predicted molar refractivity (Wildman–Crippen MR) is 78.6 cm³/mol. The molecule has 0 aromatic heterocycles. The van der Waals surface area contributed by atoms with E-state index in [1.54, 1.807) is 25.3 Å². The van der Waals surface area contributed by atoms with E-state index in [1.165, 1.54) is 0 Å². The van der Waals surface area contributed by atoms with Crippen LogP contribution < -0.4 is 5.32 Å². The van der Waals surface area contributed by atoms with Crippen molar-refractivity contribution in [3.8, 4) is 11.8 Å². The van der Waals surface area contributed by atoms with Crippen LogP contribution in [0.2, 0.25) is 0 Å². The van der Waals surface area contributed by atoms with E-state index in [0.29, 0.717) is 12.2 Å². The van der Waals surface area contributed by atoms with Gasteiger partial charge in [-0.05, 0) is 37.1 Å². The summed E-state index contributed by atoms with van der Waals surface area (Å²) in [5.74, 6) is 5.34. The summed E-state index contributed by atoms with van der Waals surface area (Å²) in [6, 6.07) is 5.35. The monoisotopic (exact) mass is 275 g/mol. The highest BCUT2D eigenvalue weighted by molar-refractivity contribution is 5.94. The van der Waals surface area contributed by atoms with E-state index in [0.717, 1.165) is 17.5 Å². The molecule has 4 heteroatoms. The average molecular weight is 275 g/mol. The molecule has 1 aromatic carbocycles. The maximum atomic E-state index is 12.1. The van der Waals surface area contributed by atoms with Gasteiger partial charge >= 0.3 is 0 Å². The molecule has 0 aliphatic rings. The Labute approximate surface area is 120 Å². The minimum atomic E-state index is -0.170. The zero-order valence-corrected chi connectivity index (χ0v) is 12.2. The molecular weight excluding hydrogens is 254 g/mol. The molecule has 1 aromatic rings. The Bertz CT molecular complexity index is 514. The van der Waals surface area contributed by atoms with Crippen molar-refractivity contribution in [1.29, 1.82) is 0 Å². The van der Waals surface area contributed by atoms with E-state index in [1.807, 2.05) is 13.8 Å². The molecule has 0 aliphatic heterocycles. The number of hydrogen-bond donors (Lipinski definition) is 2. The molecule has 1 amide bonds. The van der Waals surface area contributed by atoms with Gasteiger partial charge in [-0.25, -0.2) is 0 Å². The van der Waals surface area contributed by atoms with Crippen molar-refractivity contribution in [3.05, 3.63) is 34.9 Å². The van der Waals surface area contributed by atoms with Crippen LogP contribution in [0.4, 0.5) is 0 Å². The van der Waals surface area contributed by atoms with Crippen LogP contribution in [0.15, 0.2) is 18.2 Å². The number of aliphatic hydroxyl groups is 1. The van der Waals surface area contributed by atoms with Gasteiger partial charge < -0.3 is 15.2 Å². The van der Waals surface area contributed by atoms with Crippen molar-refractivity contribution >= 4 is 5.91 Å². The number of rotatable bonds is 5. The molecule has 0 saturated heterocycles. The van der Waals surface area contributed by atoms with Gasteiger partial charge in [-0.15, -0.1) is 0 Å². The van der Waals surface area contributed by atoms with Gasteiger partial charge in [-0.3, -0.25) is 4.79 Å². The molecule has 0 aliphatic carbocycles. The second-order valence-corrected chi connectivity index (χ2v) is 4.52. The number of methoxy groups -OCH3 is 1. The van der Waals surface area contributed by atoms with Crippen molar-refractivity contribution in [2.45, 2.75) is 26.3 Å². The lowest BCUT2D eigenvalue weighted by Gasteiger charge is -2.16. The molecule has 0 heterocycles. The van der Waals surface area contributed by atoms with Gasteiger partial charge in [0.2, 0.25) is 0 Å². The number of hydrogen-bond acceptors (Lipinski definition) is 3. The van der Waals surface area contributed by atoms with Gasteiger partial charge in [0.15, 0.2) is 0 Å². The minimum absolute atomic E-state index is 0.0154. The number of carbonyl (C=O) groups is 1. The highest BCUT2D eigenvalue weighted by Gasteiger charge is 2.12. The molecule has 0 radical (unpaired) electrons. The Morgan fingerprint density at radius 2 is 2.25 bits per heavy atom. The third-order valence-electron chi connectivity index (χ3n) is 2.99. The van der Waals surface area contributed by atoms with Crippen LogP contribution in [0.3, 0.4) is 0 Å². The van der Waals surface area contributed by atoms with Crippen molar-refractivity contribution in [2.24, 2.45) is 0 Å². The lowest BCUT2D eigenvalue weighted by molar-refractivity contribution is 0.0894. The Kier molecular flexibility index (Phi) is 6.78. The third kappa shape index (κ3) is 4.69. The smallest absolute Gasteiger partial charge is 0.251 e. The number of benzene rings is 1. The first-order valence-electron chi connectivity index (χ1n) is 6.62. The fourth-order valence-electron chi connectivity index (χ4n) is 1.81. The Morgan fingerprint density at radius 1 is 1.50 bits per heavy atom. The third-order valence-corrected chi connectivity index (χ3v) is 2.99. The lowest BCUT2D eigenvalue weighted by Crippen LogP contribution is -2.37. The summed E-state index contributed by atoms with van der Waals surface area (Å²) in [7, 11) is 1.62. The first-order chi connectivity index (χ1) is 9.62. The fourth-order valence-corrected chi connectivity index (χ4v) is 1.81. The van der Waals surface area contributed by atoms with Crippen molar-refractivity contribution < 1.29 is 14.6 Å². The van der Waals surface area contributed by atoms with Gasteiger partial charge in [0.05, 0.1) is 12.6 Å². The van der Waals surface area contributed by atoms with Gasteiger partial charge in [0.1, 0.15) is 6.61 Å². The second-order valence-electron chi connectivity index (χ2n) is 4.52. The van der Waals surface area contributed by atoms with E-state index < -0.39 is 0 Å². The maximum absolute atomic E-state index is 12.1. The molecule has 0 spiro atoms. The van der Waals surface area contributed by atoms with Crippen molar-refractivity contribution in [1.82, 2.24) is 5.32 Å². The normalized spacial score (nSPS) is 11.4. The number of nitrogens with one attached hydrogen (secondary N) is 1. The Morgan fingerprint density at radius 3 is 2.80 bits per heavy atom. The highest BCUT2D eigenvalue weighted by atomic mass is 16.5. The second kappa shape index (κ2) is 8.36. The van der Waals surface area contributed by atoms with Gasteiger partial charge in [-0.2, -0.15) is 0 Å². The molecular formula is C16H21NO3. The largest absolute Gasteiger partial charge is 0.384 e. The molecule has 1 atom stereocenters. The first-order valence-corrected chi connectivity index (χ1v) is 6.62. The number of carbonyl (C=O) groups excluding carboxylic acids is 1. The van der Waals surface area contributed by atoms with E-state index in [2.05, 4.69) is 17.2 Å². The van der Waals surface area contributed by atoms with E-state index in [4.69, 9.17) is 9.84 Å². The molecule has 0 fully saturated rings. The highest BCUT2D eigenvalue weighted by Crippen LogP contribution is 2.10. The molecule has 108 valence electrons. The predicted octanol–water partition coefficient (Wildman–Crippen LogP) is 1.49. The number of amides is 1. The van der Waals surface area contributed by atoms with Crippen LogP contribution in [0.1, 0.15) is 34.8 Å². The average Bonchev–Trinajstić information content (AvgIpc) is 2.45. The van der Waals surface area contributed by atoms with Crippen LogP contribution in [0.25, 0.3) is 0 Å². The SMILES string of the molecule is CCC(COC)NC(=O)c1ccc(C#CCO)c(C)c1. The zero-order chi connectivity index (χ0) is 15.0. The first kappa shape index (κ1) is 16.2. The van der Waals surface area contributed by atoms with Crippen LogP contribution in [0.5, 0.6) is 0 Å². The van der Waals surface area contributed by atoms with E-state index in [-0.39, 0.29) is 18.6 Å². The number of ether oxygens (including phenoxy) is 1. The van der Waals surface area contributed by atoms with Crippen LogP contribution in [-0.2, 0) is 4.74 Å². The lowest BCUT2D eigenvalue weighted by atomic mass is 10.0. The summed E-state index contributed by atoms with van der Waals surface area (Å²) in [5, 5.41) is 11.6. The fraction of sp³-hybridized carbons (Fsp3) is 0.438. The van der Waals surface area contributed by atoms with E-state index >= 15 is 0 Å². The van der Waals surface area contributed by atoms with Crippen LogP contribution in [-0.4, -0.2) is 37.4 Å². The topological polar surface area (TPSA) is 58.6 Å². The van der Waals surface area contributed by atoms with Crippen LogP contribution in [0, 0.1) is 18.8 Å². The molecule has 20 heavy (non-hydrogen) atoms. The maximum Gasteiger partial charge on any atom is 0.251 e. The summed E-state index contributed by atoms with van der Waals surface area (Å²) < 4.78 is 5.06. The molecule has 0 saturated carbocycles. The van der Waals surface area contributed by atoms with E-state index in [9.17, 15) is 4.79 Å². The summed E-state index contributed by atoms with van der Waals surface area (Å²) in [6.45, 7) is 4.23. The zero-order valence-electron chi connectivity index (χ0n) is 12.2. The summed E-state index contributed by atoms with van der Waals surface area (Å²) >= 11 is 0. The Hall–Kier alpha value is -1.83. The molecule has 2 N–H and O–H groups in total. The molecule has 4 nitrogen and oxygen atoms in total. The van der Waals surface area contributed by atoms with Gasteiger partial charge in [-0.1, -0.05) is 18.8 Å². The van der Waals surface area contributed by atoms with Crippen molar-refractivity contribution in [2.75, 3.05) is 20.3 Å². The molecule has 1 rings (SSSR count). The standard InChI is InChI=1S/C16H21NO3/c1-4-15(11-20-3)17-16(19)14-8-7-13(6-5-9-18)12(2)10-14/h7-8,10,15,18H,4,9,11H2,1-3H3,(H,17,19). The Balaban J connectivity index is 2.81.